The average Bonchev–Trinajstić information content (AvgIpc) is 3.62. The van der Waals surface area contributed by atoms with E-state index in [1.54, 1.807) is 27.7 Å². The van der Waals surface area contributed by atoms with Gasteiger partial charge in [-0.2, -0.15) is 12.6 Å². The van der Waals surface area contributed by atoms with E-state index in [0.717, 1.165) is 4.90 Å². The maximum atomic E-state index is 13.8. The number of carboxylic acids is 3. The normalized spacial score (nSPS) is 18.0. The predicted molar refractivity (Wildman–Crippen MR) is 207 cm³/mol. The summed E-state index contributed by atoms with van der Waals surface area (Å²) in [5.41, 5.74) is 5.62. The number of rotatable bonds is 24. The number of aliphatic hydroxyl groups excluding tert-OH is 1. The number of carbonyl (C=O) groups excluding carboxylic acids is 7. The summed E-state index contributed by atoms with van der Waals surface area (Å²) in [5.74, 6) is -11.2. The molecular formula is C35H58N8O14S. The molecule has 0 aromatic carbocycles. The molecule has 22 nitrogen and oxygen atoms in total. The number of nitrogens with zero attached hydrogens (tertiary/aromatic N) is 1. The first-order valence-corrected chi connectivity index (χ1v) is 19.4. The van der Waals surface area contributed by atoms with Gasteiger partial charge in [0.05, 0.1) is 18.6 Å². The van der Waals surface area contributed by atoms with E-state index in [0.29, 0.717) is 6.42 Å². The van der Waals surface area contributed by atoms with E-state index in [-0.39, 0.29) is 31.1 Å². The minimum absolute atomic E-state index is 0.00973. The van der Waals surface area contributed by atoms with E-state index in [4.69, 9.17) is 10.8 Å². The molecular weight excluding hydrogens is 788 g/mol. The molecule has 58 heavy (non-hydrogen) atoms. The molecule has 0 aromatic heterocycles. The number of aliphatic carboxylic acids is 3. The molecule has 0 radical (unpaired) electrons. The van der Waals surface area contributed by atoms with Gasteiger partial charge in [0.25, 0.3) is 0 Å². The Morgan fingerprint density at radius 2 is 1.28 bits per heavy atom. The molecule has 9 atom stereocenters. The molecule has 12 N–H and O–H groups in total. The Kier molecular flexibility index (Phi) is 21.1. The number of carboxylic acid groups (broad SMARTS) is 3. The molecule has 0 unspecified atom stereocenters. The molecule has 0 aliphatic carbocycles. The highest BCUT2D eigenvalue weighted by Crippen LogP contribution is 2.21. The van der Waals surface area contributed by atoms with Gasteiger partial charge < -0.3 is 63.0 Å². The Morgan fingerprint density at radius 3 is 1.78 bits per heavy atom. The van der Waals surface area contributed by atoms with Crippen molar-refractivity contribution in [3.63, 3.8) is 0 Å². The summed E-state index contributed by atoms with van der Waals surface area (Å²) >= 11 is 3.90. The number of nitrogens with one attached hydrogen (secondary N) is 6. The lowest BCUT2D eigenvalue weighted by molar-refractivity contribution is -0.145. The number of nitrogens with two attached hydrogens (primary N) is 1. The van der Waals surface area contributed by atoms with E-state index in [2.05, 4.69) is 44.5 Å². The van der Waals surface area contributed by atoms with Crippen molar-refractivity contribution in [2.45, 2.75) is 135 Å². The summed E-state index contributed by atoms with van der Waals surface area (Å²) in [4.78, 5) is 128. The van der Waals surface area contributed by atoms with Crippen LogP contribution in [0.4, 0.5) is 0 Å². The fourth-order valence-electron chi connectivity index (χ4n) is 5.82. The molecule has 7 amide bonds. The Bertz CT molecular complexity index is 1530. The third kappa shape index (κ3) is 16.4. The van der Waals surface area contributed by atoms with Crippen LogP contribution in [0.5, 0.6) is 0 Å². The highest BCUT2D eigenvalue weighted by atomic mass is 32.1. The maximum Gasteiger partial charge on any atom is 0.326 e. The first-order valence-electron chi connectivity index (χ1n) is 18.7. The molecule has 0 aromatic rings. The van der Waals surface area contributed by atoms with Gasteiger partial charge in [-0.15, -0.1) is 0 Å². The first kappa shape index (κ1) is 51.0. The summed E-state index contributed by atoms with van der Waals surface area (Å²) in [5, 5.41) is 52.3. The van der Waals surface area contributed by atoms with Gasteiger partial charge in [-0.3, -0.25) is 43.2 Å². The minimum Gasteiger partial charge on any atom is -0.481 e. The quantitative estimate of drug-likeness (QED) is 0.0423. The van der Waals surface area contributed by atoms with Crippen LogP contribution in [0.15, 0.2) is 0 Å². The van der Waals surface area contributed by atoms with Crippen molar-refractivity contribution in [3.05, 3.63) is 0 Å². The number of likely N-dealkylation sites (tertiary alicyclic amines) is 1. The molecule has 0 bridgehead atoms. The summed E-state index contributed by atoms with van der Waals surface area (Å²) < 4.78 is 0. The molecule has 1 fully saturated rings. The van der Waals surface area contributed by atoms with Crippen LogP contribution in [0.25, 0.3) is 0 Å². The Balaban J connectivity index is 3.16. The number of hydrogen-bond acceptors (Lipinski definition) is 13. The Labute approximate surface area is 340 Å². The fourth-order valence-corrected chi connectivity index (χ4v) is 5.99. The fraction of sp³-hybridized carbons (Fsp3) is 0.714. The van der Waals surface area contributed by atoms with Gasteiger partial charge in [0, 0.05) is 18.7 Å². The number of thiol groups is 1. The zero-order chi connectivity index (χ0) is 44.6. The van der Waals surface area contributed by atoms with E-state index in [1.807, 2.05) is 0 Å². The molecule has 23 heteroatoms. The molecule has 0 saturated carbocycles. The second-order valence-electron chi connectivity index (χ2n) is 14.8. The lowest BCUT2D eigenvalue weighted by atomic mass is 9.99. The van der Waals surface area contributed by atoms with Gasteiger partial charge in [-0.05, 0) is 51.4 Å². The topological polar surface area (TPSA) is 353 Å². The molecule has 328 valence electrons. The number of amides is 7. The van der Waals surface area contributed by atoms with E-state index in [1.165, 1.54) is 13.8 Å². The molecule has 1 saturated heterocycles. The number of aliphatic hydroxyl groups is 1. The van der Waals surface area contributed by atoms with E-state index < -0.39 is 139 Å². The van der Waals surface area contributed by atoms with Crippen molar-refractivity contribution in [2.75, 3.05) is 12.3 Å². The molecule has 0 spiro atoms. The monoisotopic (exact) mass is 846 g/mol. The predicted octanol–water partition coefficient (Wildman–Crippen LogP) is -3.33. The highest BCUT2D eigenvalue weighted by Gasteiger charge is 2.42. The Hall–Kier alpha value is -5.03. The zero-order valence-corrected chi connectivity index (χ0v) is 34.2. The second-order valence-corrected chi connectivity index (χ2v) is 15.2. The van der Waals surface area contributed by atoms with Crippen LogP contribution in [0, 0.1) is 11.8 Å². The third-order valence-corrected chi connectivity index (χ3v) is 9.42. The first-order chi connectivity index (χ1) is 26.9. The molecule has 1 aliphatic rings. The van der Waals surface area contributed by atoms with Crippen molar-refractivity contribution in [1.29, 1.82) is 0 Å². The summed E-state index contributed by atoms with van der Waals surface area (Å²) in [7, 11) is 0. The van der Waals surface area contributed by atoms with Gasteiger partial charge >= 0.3 is 17.9 Å². The molecule has 1 aliphatic heterocycles. The minimum atomic E-state index is -1.69. The van der Waals surface area contributed by atoms with Crippen LogP contribution in [-0.2, 0) is 47.9 Å². The standard InChI is InChI=1S/C35H58N8O14S/c1-15(2)12-21(30(51)37-17(5)28(49)38-20(35(56)57)9-10-24(45)46)40-33(54)26(16(3)4)41-32(53)23-8-7-11-43(23)34(55)27(18(6)44)42-31(52)22(13-25(47)48)39-29(50)19(36)14-58/h15-23,26-27,44,58H,7-14,36H2,1-6H3,(H,37,51)(H,38,49)(H,39,50)(H,40,54)(H,41,53)(H,42,52)(H,45,46)(H,47,48)(H,56,57)/t17-,18+,19-,20-,21-,22-,23-,26-,27-/m0/s1. The van der Waals surface area contributed by atoms with Gasteiger partial charge in [0.2, 0.25) is 41.4 Å². The van der Waals surface area contributed by atoms with Crippen molar-refractivity contribution in [1.82, 2.24) is 36.8 Å². The van der Waals surface area contributed by atoms with Crippen LogP contribution in [0.2, 0.25) is 0 Å². The summed E-state index contributed by atoms with van der Waals surface area (Å²) in [6.45, 7) is 9.22. The SMILES string of the molecule is CC(C)C[C@H](NC(=O)[C@@H](NC(=O)[C@@H]1CCCN1C(=O)[C@@H](NC(=O)[C@H](CC(=O)O)NC(=O)[C@@H](N)CS)[C@@H](C)O)C(C)C)C(=O)N[C@@H](C)C(=O)N[C@@H](CCC(=O)O)C(=O)O. The van der Waals surface area contributed by atoms with E-state index in [9.17, 15) is 63.3 Å². The van der Waals surface area contributed by atoms with E-state index >= 15 is 0 Å². The zero-order valence-electron chi connectivity index (χ0n) is 33.4. The van der Waals surface area contributed by atoms with Crippen molar-refractivity contribution in [3.8, 4) is 0 Å². The second kappa shape index (κ2) is 24.0. The number of carbonyl (C=O) groups is 10. The van der Waals surface area contributed by atoms with Gasteiger partial charge in [0.1, 0.15) is 42.3 Å². The van der Waals surface area contributed by atoms with Crippen molar-refractivity contribution < 1.29 is 68.4 Å². The van der Waals surface area contributed by atoms with Gasteiger partial charge in [-0.1, -0.05) is 27.7 Å². The van der Waals surface area contributed by atoms with Crippen LogP contribution in [0.1, 0.15) is 80.1 Å². The van der Waals surface area contributed by atoms with Crippen LogP contribution in [0.3, 0.4) is 0 Å². The molecule has 1 heterocycles. The largest absolute Gasteiger partial charge is 0.481 e. The smallest absolute Gasteiger partial charge is 0.326 e. The maximum absolute atomic E-state index is 13.8. The van der Waals surface area contributed by atoms with Crippen molar-refractivity contribution >= 4 is 71.9 Å². The number of hydrogen-bond donors (Lipinski definition) is 12. The lowest BCUT2D eigenvalue weighted by Crippen LogP contribution is -2.62. The lowest BCUT2D eigenvalue weighted by Gasteiger charge is -2.32. The van der Waals surface area contributed by atoms with Gasteiger partial charge in [0.15, 0.2) is 0 Å². The van der Waals surface area contributed by atoms with Crippen LogP contribution >= 0.6 is 12.6 Å². The van der Waals surface area contributed by atoms with Crippen LogP contribution in [-0.4, -0.2) is 151 Å². The summed E-state index contributed by atoms with van der Waals surface area (Å²) in [6.07, 6.45) is -2.85. The summed E-state index contributed by atoms with van der Waals surface area (Å²) in [6, 6.07) is -11.0. The average molecular weight is 847 g/mol. The van der Waals surface area contributed by atoms with Crippen molar-refractivity contribution in [2.24, 2.45) is 17.6 Å². The van der Waals surface area contributed by atoms with Gasteiger partial charge in [-0.25, -0.2) is 4.79 Å². The Morgan fingerprint density at radius 1 is 0.707 bits per heavy atom. The third-order valence-electron chi connectivity index (χ3n) is 9.03. The molecule has 1 rings (SSSR count). The highest BCUT2D eigenvalue weighted by molar-refractivity contribution is 7.80. The van der Waals surface area contributed by atoms with Crippen LogP contribution < -0.4 is 37.6 Å².